The van der Waals surface area contributed by atoms with Crippen LogP contribution in [0, 0.1) is 0 Å². The van der Waals surface area contributed by atoms with Gasteiger partial charge in [0.05, 0.1) is 5.83 Å². The molecule has 0 fully saturated rings. The lowest BCUT2D eigenvalue weighted by Crippen LogP contribution is -1.75. The third-order valence-electron chi connectivity index (χ3n) is 1.33. The third kappa shape index (κ3) is 5.54. The van der Waals surface area contributed by atoms with E-state index in [9.17, 15) is 4.39 Å². The predicted molar refractivity (Wildman–Crippen MR) is 39.0 cm³/mol. The molecular formula is C8H15F. The van der Waals surface area contributed by atoms with Crippen molar-refractivity contribution in [3.8, 4) is 0 Å². The van der Waals surface area contributed by atoms with E-state index < -0.39 is 0 Å². The average molecular weight is 130 g/mol. The molecule has 1 heteroatoms. The van der Waals surface area contributed by atoms with Gasteiger partial charge in [-0.25, -0.2) is 4.39 Å². The Morgan fingerprint density at radius 1 is 1.44 bits per heavy atom. The van der Waals surface area contributed by atoms with Gasteiger partial charge < -0.3 is 0 Å². The molecule has 0 radical (unpaired) electrons. The first-order valence-electron chi connectivity index (χ1n) is 3.62. The van der Waals surface area contributed by atoms with Crippen LogP contribution in [0.3, 0.4) is 0 Å². The number of rotatable bonds is 4. The molecule has 0 aromatic carbocycles. The molecule has 0 saturated heterocycles. The first-order chi connectivity index (χ1) is 4.31. The Bertz CT molecular complexity index is 84.6. The molecule has 0 rings (SSSR count). The summed E-state index contributed by atoms with van der Waals surface area (Å²) in [5, 5.41) is 0. The molecule has 0 aromatic rings. The Kier molecular flexibility index (Phi) is 5.59. The van der Waals surface area contributed by atoms with Crippen molar-refractivity contribution >= 4 is 0 Å². The van der Waals surface area contributed by atoms with Gasteiger partial charge in [-0.05, 0) is 19.8 Å². The molecule has 0 bridgehead atoms. The van der Waals surface area contributed by atoms with E-state index in [0.717, 1.165) is 19.3 Å². The van der Waals surface area contributed by atoms with Crippen molar-refractivity contribution in [1.82, 2.24) is 0 Å². The molecule has 0 unspecified atom stereocenters. The van der Waals surface area contributed by atoms with Crippen molar-refractivity contribution < 1.29 is 4.39 Å². The van der Waals surface area contributed by atoms with Gasteiger partial charge in [0.25, 0.3) is 0 Å². The van der Waals surface area contributed by atoms with Gasteiger partial charge in [-0.15, -0.1) is 0 Å². The Hall–Kier alpha value is -0.330. The summed E-state index contributed by atoms with van der Waals surface area (Å²) in [6.07, 6.45) is 5.46. The van der Waals surface area contributed by atoms with E-state index in [1.54, 1.807) is 6.92 Å². The standard InChI is InChI=1S/C8H15F/c1-3-5-6-7-8(9)4-2/h4H,3,5-7H2,1-2H3/b8-4+. The van der Waals surface area contributed by atoms with Gasteiger partial charge in [-0.1, -0.05) is 25.8 Å². The molecule has 54 valence electrons. The van der Waals surface area contributed by atoms with E-state index in [1.807, 2.05) is 0 Å². The quantitative estimate of drug-likeness (QED) is 0.511. The van der Waals surface area contributed by atoms with Gasteiger partial charge in [0.15, 0.2) is 0 Å². The summed E-state index contributed by atoms with van der Waals surface area (Å²) in [7, 11) is 0. The van der Waals surface area contributed by atoms with Gasteiger partial charge in [0, 0.05) is 0 Å². The molecule has 0 aromatic heterocycles. The SMILES string of the molecule is C/C=C(/F)CCCCC. The number of hydrogen-bond acceptors (Lipinski definition) is 0. The number of hydrogen-bond donors (Lipinski definition) is 0. The van der Waals surface area contributed by atoms with E-state index in [-0.39, 0.29) is 5.83 Å². The van der Waals surface area contributed by atoms with Crippen LogP contribution in [0.15, 0.2) is 11.9 Å². The van der Waals surface area contributed by atoms with Gasteiger partial charge in [-0.3, -0.25) is 0 Å². The molecule has 0 N–H and O–H groups in total. The van der Waals surface area contributed by atoms with Crippen LogP contribution < -0.4 is 0 Å². The van der Waals surface area contributed by atoms with Crippen LogP contribution in [-0.4, -0.2) is 0 Å². The second-order valence-electron chi connectivity index (χ2n) is 2.19. The number of allylic oxidation sites excluding steroid dienone is 2. The lowest BCUT2D eigenvalue weighted by atomic mass is 10.2. The summed E-state index contributed by atoms with van der Waals surface area (Å²) >= 11 is 0. The first-order valence-corrected chi connectivity index (χ1v) is 3.62. The van der Waals surface area contributed by atoms with Crippen molar-refractivity contribution in [2.24, 2.45) is 0 Å². The van der Waals surface area contributed by atoms with Crippen molar-refractivity contribution in [1.29, 1.82) is 0 Å². The summed E-state index contributed by atoms with van der Waals surface area (Å²) < 4.78 is 12.3. The predicted octanol–water partition coefficient (Wildman–Crippen LogP) is 3.44. The van der Waals surface area contributed by atoms with E-state index in [1.165, 1.54) is 6.08 Å². The second kappa shape index (κ2) is 5.80. The molecule has 0 saturated carbocycles. The van der Waals surface area contributed by atoms with Crippen LogP contribution in [0.1, 0.15) is 39.5 Å². The maximum Gasteiger partial charge on any atom is 0.0957 e. The maximum absolute atomic E-state index is 12.3. The smallest absolute Gasteiger partial charge is 0.0957 e. The molecule has 0 nitrogen and oxygen atoms in total. The zero-order valence-corrected chi connectivity index (χ0v) is 6.28. The molecule has 9 heavy (non-hydrogen) atoms. The fourth-order valence-corrected chi connectivity index (χ4v) is 0.688. The van der Waals surface area contributed by atoms with Crippen LogP contribution in [-0.2, 0) is 0 Å². The summed E-state index contributed by atoms with van der Waals surface area (Å²) in [6, 6.07) is 0. The molecule has 0 heterocycles. The van der Waals surface area contributed by atoms with E-state index in [0.29, 0.717) is 6.42 Å². The Balaban J connectivity index is 3.07. The third-order valence-corrected chi connectivity index (χ3v) is 1.33. The van der Waals surface area contributed by atoms with E-state index in [2.05, 4.69) is 6.92 Å². The second-order valence-corrected chi connectivity index (χ2v) is 2.19. The molecule has 0 aliphatic heterocycles. The molecule has 0 spiro atoms. The molecule has 0 amide bonds. The van der Waals surface area contributed by atoms with Gasteiger partial charge >= 0.3 is 0 Å². The normalized spacial score (nSPS) is 12.1. The summed E-state index contributed by atoms with van der Waals surface area (Å²) in [5.41, 5.74) is 0. The van der Waals surface area contributed by atoms with Crippen molar-refractivity contribution in [3.05, 3.63) is 11.9 Å². The van der Waals surface area contributed by atoms with Crippen LogP contribution in [0.5, 0.6) is 0 Å². The molecular weight excluding hydrogens is 115 g/mol. The lowest BCUT2D eigenvalue weighted by Gasteiger charge is -1.93. The minimum Gasteiger partial charge on any atom is -0.212 e. The summed E-state index contributed by atoms with van der Waals surface area (Å²) in [4.78, 5) is 0. The molecule has 0 aliphatic carbocycles. The van der Waals surface area contributed by atoms with Crippen LogP contribution in [0.25, 0.3) is 0 Å². The van der Waals surface area contributed by atoms with Gasteiger partial charge in [-0.2, -0.15) is 0 Å². The zero-order chi connectivity index (χ0) is 7.11. The summed E-state index contributed by atoms with van der Waals surface area (Å²) in [5.74, 6) is 0.0310. The van der Waals surface area contributed by atoms with Crippen LogP contribution >= 0.6 is 0 Å². The van der Waals surface area contributed by atoms with Crippen LogP contribution in [0.4, 0.5) is 4.39 Å². The Morgan fingerprint density at radius 2 is 2.11 bits per heavy atom. The maximum atomic E-state index is 12.3. The Labute approximate surface area is 56.8 Å². The van der Waals surface area contributed by atoms with E-state index in [4.69, 9.17) is 0 Å². The topological polar surface area (TPSA) is 0 Å². The average Bonchev–Trinajstić information content (AvgIpc) is 1.89. The minimum absolute atomic E-state index is 0.0310. The zero-order valence-electron chi connectivity index (χ0n) is 6.28. The first kappa shape index (κ1) is 8.67. The van der Waals surface area contributed by atoms with Crippen molar-refractivity contribution in [2.45, 2.75) is 39.5 Å². The highest BCUT2D eigenvalue weighted by Gasteiger charge is 1.90. The number of halogens is 1. The summed E-state index contributed by atoms with van der Waals surface area (Å²) in [6.45, 7) is 3.86. The fourth-order valence-electron chi connectivity index (χ4n) is 0.688. The Morgan fingerprint density at radius 3 is 2.56 bits per heavy atom. The minimum atomic E-state index is 0.0310. The highest BCUT2D eigenvalue weighted by atomic mass is 19.1. The van der Waals surface area contributed by atoms with Gasteiger partial charge in [0.2, 0.25) is 0 Å². The lowest BCUT2D eigenvalue weighted by molar-refractivity contribution is 0.558. The number of unbranched alkanes of at least 4 members (excludes halogenated alkanes) is 2. The largest absolute Gasteiger partial charge is 0.212 e. The molecule has 0 aliphatic rings. The van der Waals surface area contributed by atoms with Crippen LogP contribution in [0.2, 0.25) is 0 Å². The van der Waals surface area contributed by atoms with E-state index >= 15 is 0 Å². The van der Waals surface area contributed by atoms with Crippen molar-refractivity contribution in [3.63, 3.8) is 0 Å². The highest BCUT2D eigenvalue weighted by Crippen LogP contribution is 2.08. The monoisotopic (exact) mass is 130 g/mol. The fraction of sp³-hybridized carbons (Fsp3) is 0.750. The van der Waals surface area contributed by atoms with Gasteiger partial charge in [0.1, 0.15) is 0 Å². The highest BCUT2D eigenvalue weighted by molar-refractivity contribution is 4.87. The molecule has 0 atom stereocenters. The van der Waals surface area contributed by atoms with Crippen molar-refractivity contribution in [2.75, 3.05) is 0 Å².